The molecule has 0 radical (unpaired) electrons. The van der Waals surface area contributed by atoms with Crippen LogP contribution >= 0.6 is 15.9 Å². The van der Waals surface area contributed by atoms with Crippen molar-refractivity contribution >= 4 is 27.6 Å². The Hall–Kier alpha value is -2.21. The van der Waals surface area contributed by atoms with E-state index in [0.29, 0.717) is 6.54 Å². The van der Waals surface area contributed by atoms with Gasteiger partial charge < -0.3 is 19.9 Å². The number of fused-ring (bicyclic) bond motifs is 1. The number of rotatable bonds is 4. The summed E-state index contributed by atoms with van der Waals surface area (Å²) in [6, 6.07) is 10.5. The molecule has 3 rings (SSSR count). The van der Waals surface area contributed by atoms with Crippen molar-refractivity contribution < 1.29 is 19.4 Å². The molecule has 0 atom stereocenters. The number of anilines is 1. The fourth-order valence-corrected chi connectivity index (χ4v) is 2.66. The van der Waals surface area contributed by atoms with E-state index in [4.69, 9.17) is 14.6 Å². The molecule has 1 aliphatic rings. The largest absolute Gasteiger partial charge is 0.478 e. The number of carbonyl (C=O) groups is 1. The first kappa shape index (κ1) is 13.8. The molecule has 5 nitrogen and oxygen atoms in total. The lowest BCUT2D eigenvalue weighted by atomic mass is 10.2. The zero-order valence-electron chi connectivity index (χ0n) is 10.9. The third-order valence-corrected chi connectivity index (χ3v) is 3.70. The maximum absolute atomic E-state index is 10.8. The molecule has 1 heterocycles. The Morgan fingerprint density at radius 2 is 2.00 bits per heavy atom. The molecule has 108 valence electrons. The summed E-state index contributed by atoms with van der Waals surface area (Å²) in [5, 5.41) is 12.1. The molecule has 1 aliphatic heterocycles. The van der Waals surface area contributed by atoms with E-state index in [2.05, 4.69) is 21.2 Å². The summed E-state index contributed by atoms with van der Waals surface area (Å²) >= 11 is 3.45. The number of carboxylic acid groups (broad SMARTS) is 1. The molecule has 0 saturated heterocycles. The molecule has 0 bridgehead atoms. The molecular formula is C15H12BrNO4. The minimum Gasteiger partial charge on any atom is -0.478 e. The minimum atomic E-state index is -0.929. The molecule has 2 N–H and O–H groups in total. The van der Waals surface area contributed by atoms with Crippen LogP contribution < -0.4 is 14.8 Å². The second-order valence-corrected chi connectivity index (χ2v) is 5.40. The SMILES string of the molecule is O=C(O)c1ccc(NCc2cc(Br)c3c(c2)OCO3)cc1. The van der Waals surface area contributed by atoms with Gasteiger partial charge in [0.05, 0.1) is 10.0 Å². The van der Waals surface area contributed by atoms with Crippen molar-refractivity contribution in [3.05, 3.63) is 52.0 Å². The summed E-state index contributed by atoms with van der Waals surface area (Å²) in [6.07, 6.45) is 0. The van der Waals surface area contributed by atoms with Crippen LogP contribution in [0.1, 0.15) is 15.9 Å². The lowest BCUT2D eigenvalue weighted by Crippen LogP contribution is -2.01. The van der Waals surface area contributed by atoms with Crippen LogP contribution in [-0.4, -0.2) is 17.9 Å². The summed E-state index contributed by atoms with van der Waals surface area (Å²) in [6.45, 7) is 0.836. The van der Waals surface area contributed by atoms with Crippen molar-refractivity contribution in [2.75, 3.05) is 12.1 Å². The van der Waals surface area contributed by atoms with Crippen molar-refractivity contribution in [1.82, 2.24) is 0 Å². The summed E-state index contributed by atoms with van der Waals surface area (Å²) in [5.41, 5.74) is 2.16. The standard InChI is InChI=1S/C15H12BrNO4/c16-12-5-9(6-13-14(12)21-8-20-13)7-17-11-3-1-10(2-4-11)15(18)19/h1-6,17H,7-8H2,(H,18,19). The average Bonchev–Trinajstić information content (AvgIpc) is 2.94. The Bertz CT molecular complexity index is 685. The maximum atomic E-state index is 10.8. The van der Waals surface area contributed by atoms with Gasteiger partial charge in [0, 0.05) is 12.2 Å². The van der Waals surface area contributed by atoms with Crippen LogP contribution in [0, 0.1) is 0 Å². The Kier molecular flexibility index (Phi) is 3.70. The predicted octanol–water partition coefficient (Wildman–Crippen LogP) is 3.49. The van der Waals surface area contributed by atoms with Crippen LogP contribution in [0.2, 0.25) is 0 Å². The Morgan fingerprint density at radius 1 is 1.24 bits per heavy atom. The van der Waals surface area contributed by atoms with Crippen molar-refractivity contribution in [3.63, 3.8) is 0 Å². The smallest absolute Gasteiger partial charge is 0.335 e. The third-order valence-electron chi connectivity index (χ3n) is 3.12. The van der Waals surface area contributed by atoms with Crippen molar-refractivity contribution in [3.8, 4) is 11.5 Å². The monoisotopic (exact) mass is 349 g/mol. The number of halogens is 1. The summed E-state index contributed by atoms with van der Waals surface area (Å²) in [7, 11) is 0. The molecular weight excluding hydrogens is 338 g/mol. The maximum Gasteiger partial charge on any atom is 0.335 e. The molecule has 0 amide bonds. The summed E-state index contributed by atoms with van der Waals surface area (Å²) < 4.78 is 11.6. The number of benzene rings is 2. The van der Waals surface area contributed by atoms with Gasteiger partial charge >= 0.3 is 5.97 Å². The van der Waals surface area contributed by atoms with Crippen LogP contribution in [-0.2, 0) is 6.54 Å². The second kappa shape index (κ2) is 5.65. The fourth-order valence-electron chi connectivity index (χ4n) is 2.06. The molecule has 0 spiro atoms. The third kappa shape index (κ3) is 2.95. The van der Waals surface area contributed by atoms with Gasteiger partial charge in [-0.3, -0.25) is 0 Å². The van der Waals surface area contributed by atoms with E-state index in [1.165, 1.54) is 0 Å². The number of hydrogen-bond donors (Lipinski definition) is 2. The van der Waals surface area contributed by atoms with Gasteiger partial charge in [-0.05, 0) is 57.9 Å². The number of hydrogen-bond acceptors (Lipinski definition) is 4. The van der Waals surface area contributed by atoms with Gasteiger partial charge in [-0.15, -0.1) is 0 Å². The van der Waals surface area contributed by atoms with Gasteiger partial charge in [0.15, 0.2) is 11.5 Å². The quantitative estimate of drug-likeness (QED) is 0.884. The highest BCUT2D eigenvalue weighted by atomic mass is 79.9. The topological polar surface area (TPSA) is 67.8 Å². The minimum absolute atomic E-state index is 0.238. The van der Waals surface area contributed by atoms with Gasteiger partial charge in [-0.25, -0.2) is 4.79 Å². The molecule has 0 aromatic heterocycles. The first-order valence-corrected chi connectivity index (χ1v) is 7.08. The molecule has 0 fully saturated rings. The molecule has 2 aromatic carbocycles. The van der Waals surface area contributed by atoms with Gasteiger partial charge in [0.25, 0.3) is 0 Å². The van der Waals surface area contributed by atoms with Crippen LogP contribution in [0.25, 0.3) is 0 Å². The highest BCUT2D eigenvalue weighted by Crippen LogP contribution is 2.40. The first-order chi connectivity index (χ1) is 10.1. The van der Waals surface area contributed by atoms with Crippen LogP contribution in [0.4, 0.5) is 5.69 Å². The zero-order chi connectivity index (χ0) is 14.8. The van der Waals surface area contributed by atoms with Gasteiger partial charge in [-0.1, -0.05) is 0 Å². The second-order valence-electron chi connectivity index (χ2n) is 4.55. The fraction of sp³-hybridized carbons (Fsp3) is 0.133. The lowest BCUT2D eigenvalue weighted by molar-refractivity contribution is 0.0697. The van der Waals surface area contributed by atoms with Crippen LogP contribution in [0.3, 0.4) is 0 Å². The summed E-state index contributed by atoms with van der Waals surface area (Å²) in [4.78, 5) is 10.8. The first-order valence-electron chi connectivity index (χ1n) is 6.29. The Morgan fingerprint density at radius 3 is 2.71 bits per heavy atom. The van der Waals surface area contributed by atoms with Gasteiger partial charge in [0.2, 0.25) is 6.79 Å². The highest BCUT2D eigenvalue weighted by molar-refractivity contribution is 9.10. The molecule has 0 saturated carbocycles. The Labute approximate surface area is 129 Å². The van der Waals surface area contributed by atoms with Crippen LogP contribution in [0.15, 0.2) is 40.9 Å². The number of ether oxygens (including phenoxy) is 2. The zero-order valence-corrected chi connectivity index (χ0v) is 12.5. The lowest BCUT2D eigenvalue weighted by Gasteiger charge is -2.08. The average molecular weight is 350 g/mol. The number of aromatic carboxylic acids is 1. The van der Waals surface area contributed by atoms with Crippen molar-refractivity contribution in [1.29, 1.82) is 0 Å². The van der Waals surface area contributed by atoms with E-state index in [-0.39, 0.29) is 12.4 Å². The van der Waals surface area contributed by atoms with E-state index >= 15 is 0 Å². The van der Waals surface area contributed by atoms with Gasteiger partial charge in [0.1, 0.15) is 0 Å². The number of carboxylic acids is 1. The Balaban J connectivity index is 1.70. The number of nitrogens with one attached hydrogen (secondary N) is 1. The molecule has 0 aliphatic carbocycles. The predicted molar refractivity (Wildman–Crippen MR) is 81.0 cm³/mol. The molecule has 0 unspecified atom stereocenters. The van der Waals surface area contributed by atoms with E-state index < -0.39 is 5.97 Å². The normalized spacial score (nSPS) is 12.2. The van der Waals surface area contributed by atoms with E-state index in [9.17, 15) is 4.79 Å². The van der Waals surface area contributed by atoms with Crippen molar-refractivity contribution in [2.45, 2.75) is 6.54 Å². The highest BCUT2D eigenvalue weighted by Gasteiger charge is 2.17. The molecule has 21 heavy (non-hydrogen) atoms. The summed E-state index contributed by atoms with van der Waals surface area (Å²) in [5.74, 6) is 0.521. The van der Waals surface area contributed by atoms with E-state index in [1.807, 2.05) is 12.1 Å². The van der Waals surface area contributed by atoms with Crippen molar-refractivity contribution in [2.24, 2.45) is 0 Å². The molecule has 6 heteroatoms. The van der Waals surface area contributed by atoms with E-state index in [0.717, 1.165) is 27.2 Å². The van der Waals surface area contributed by atoms with E-state index in [1.54, 1.807) is 24.3 Å². The van der Waals surface area contributed by atoms with Crippen LogP contribution in [0.5, 0.6) is 11.5 Å². The van der Waals surface area contributed by atoms with Gasteiger partial charge in [-0.2, -0.15) is 0 Å². The molecule has 2 aromatic rings.